The standard InChI is InChI=1S/C32H60N2/c1-3-5-7-9-11-13-15-19-23-27-31-29-25-21-17-18-22-26-30-32(34-33-31)28-24-20-16-14-12-10-8-6-4-2/h21-22,25-26,31-32H,3-20,23-24,27-30H2,1-2H3/b25-21+,26-22+,34-33+. The summed E-state index contributed by atoms with van der Waals surface area (Å²) < 4.78 is 0. The minimum atomic E-state index is 0.398. The van der Waals surface area contributed by atoms with Gasteiger partial charge in [-0.15, -0.1) is 0 Å². The second kappa shape index (κ2) is 25.2. The number of rotatable bonds is 20. The Balaban J connectivity index is 2.29. The Labute approximate surface area is 214 Å². The maximum Gasteiger partial charge on any atom is 0.0742 e. The average Bonchev–Trinajstić information content (AvgIpc) is 2.84. The van der Waals surface area contributed by atoms with Crippen LogP contribution in [0.1, 0.15) is 168 Å². The summed E-state index contributed by atoms with van der Waals surface area (Å²) >= 11 is 0. The fourth-order valence-electron chi connectivity index (χ4n) is 4.95. The van der Waals surface area contributed by atoms with E-state index in [1.54, 1.807) is 0 Å². The molecular weight excluding hydrogens is 412 g/mol. The fraction of sp³-hybridized carbons (Fsp3) is 0.875. The Morgan fingerprint density at radius 3 is 1.12 bits per heavy atom. The zero-order valence-electron chi connectivity index (χ0n) is 23.3. The number of nitrogens with zero attached hydrogens (tertiary/aromatic N) is 2. The molecule has 0 radical (unpaired) electrons. The van der Waals surface area contributed by atoms with Crippen molar-refractivity contribution in [2.45, 2.75) is 180 Å². The maximum atomic E-state index is 4.90. The van der Waals surface area contributed by atoms with Gasteiger partial charge in [-0.2, -0.15) is 10.2 Å². The van der Waals surface area contributed by atoms with Gasteiger partial charge in [0.05, 0.1) is 12.1 Å². The van der Waals surface area contributed by atoms with Gasteiger partial charge in [-0.1, -0.05) is 154 Å². The largest absolute Gasteiger partial charge is 0.190 e. The van der Waals surface area contributed by atoms with E-state index >= 15 is 0 Å². The number of hydrogen-bond donors (Lipinski definition) is 0. The van der Waals surface area contributed by atoms with Crippen molar-refractivity contribution in [2.75, 3.05) is 0 Å². The van der Waals surface area contributed by atoms with Crippen molar-refractivity contribution < 1.29 is 0 Å². The van der Waals surface area contributed by atoms with E-state index < -0.39 is 0 Å². The van der Waals surface area contributed by atoms with Crippen LogP contribution >= 0.6 is 0 Å². The second-order valence-corrected chi connectivity index (χ2v) is 10.8. The van der Waals surface area contributed by atoms with Gasteiger partial charge in [0.15, 0.2) is 0 Å². The molecule has 2 heteroatoms. The Hall–Kier alpha value is -0.920. The maximum absolute atomic E-state index is 4.90. The van der Waals surface area contributed by atoms with Crippen LogP contribution in [0.25, 0.3) is 0 Å². The Morgan fingerprint density at radius 1 is 0.441 bits per heavy atom. The minimum Gasteiger partial charge on any atom is -0.190 e. The molecule has 0 saturated carbocycles. The molecule has 1 rings (SSSR count). The summed E-state index contributed by atoms with van der Waals surface area (Å²) in [6.07, 6.45) is 41.5. The molecular formula is C32H60N2. The molecule has 1 aliphatic heterocycles. The van der Waals surface area contributed by atoms with Crippen LogP contribution in [0.2, 0.25) is 0 Å². The van der Waals surface area contributed by atoms with Gasteiger partial charge in [-0.3, -0.25) is 0 Å². The van der Waals surface area contributed by atoms with Crippen molar-refractivity contribution >= 4 is 0 Å². The smallest absolute Gasteiger partial charge is 0.0742 e. The Kier molecular flexibility index (Phi) is 23.0. The molecule has 1 heterocycles. The number of unbranched alkanes of at least 4 members (excludes halogenated alkanes) is 16. The first-order valence-corrected chi connectivity index (χ1v) is 15.6. The molecule has 0 saturated heterocycles. The third-order valence-corrected chi connectivity index (χ3v) is 7.32. The van der Waals surface area contributed by atoms with Crippen molar-refractivity contribution in [2.24, 2.45) is 10.2 Å². The lowest BCUT2D eigenvalue weighted by molar-refractivity contribution is 0.480. The quantitative estimate of drug-likeness (QED) is 0.124. The summed E-state index contributed by atoms with van der Waals surface area (Å²) in [7, 11) is 0. The van der Waals surface area contributed by atoms with E-state index in [2.05, 4.69) is 38.2 Å². The Bertz CT molecular complexity index is 449. The Morgan fingerprint density at radius 2 is 0.765 bits per heavy atom. The molecule has 0 aromatic carbocycles. The predicted octanol–water partition coefficient (Wildman–Crippen LogP) is 11.7. The van der Waals surface area contributed by atoms with Gasteiger partial charge in [-0.25, -0.2) is 0 Å². The van der Waals surface area contributed by atoms with Crippen LogP contribution in [-0.4, -0.2) is 12.1 Å². The summed E-state index contributed by atoms with van der Waals surface area (Å²) in [5.74, 6) is 0. The van der Waals surface area contributed by atoms with E-state index in [1.165, 1.54) is 141 Å². The van der Waals surface area contributed by atoms with Gasteiger partial charge >= 0.3 is 0 Å². The summed E-state index contributed by atoms with van der Waals surface area (Å²) in [6.45, 7) is 4.59. The highest BCUT2D eigenvalue weighted by molar-refractivity contribution is 4.92. The lowest BCUT2D eigenvalue weighted by atomic mass is 10.0. The summed E-state index contributed by atoms with van der Waals surface area (Å²) in [4.78, 5) is 0. The van der Waals surface area contributed by atoms with Crippen molar-refractivity contribution in [3.63, 3.8) is 0 Å². The first kappa shape index (κ1) is 31.1. The first-order chi connectivity index (χ1) is 16.9. The van der Waals surface area contributed by atoms with Gasteiger partial charge in [-0.05, 0) is 38.5 Å². The molecule has 0 amide bonds. The summed E-state index contributed by atoms with van der Waals surface area (Å²) in [5.41, 5.74) is 0. The highest BCUT2D eigenvalue weighted by Gasteiger charge is 2.10. The summed E-state index contributed by atoms with van der Waals surface area (Å²) in [6, 6.07) is 0.796. The number of azo groups is 1. The molecule has 1 aliphatic rings. The number of allylic oxidation sites excluding steroid dienone is 2. The molecule has 2 unspecified atom stereocenters. The van der Waals surface area contributed by atoms with Gasteiger partial charge in [0.2, 0.25) is 0 Å². The van der Waals surface area contributed by atoms with Crippen molar-refractivity contribution in [3.8, 4) is 0 Å². The topological polar surface area (TPSA) is 24.7 Å². The third kappa shape index (κ3) is 20.5. The fourth-order valence-corrected chi connectivity index (χ4v) is 4.95. The highest BCUT2D eigenvalue weighted by atomic mass is 15.1. The van der Waals surface area contributed by atoms with Crippen LogP contribution in [0.3, 0.4) is 0 Å². The SMILES string of the molecule is CCCCCCCCCCCC1C/C=C/CC/C=C/CC(CCCCCCCCCCC)/N=N/1. The van der Waals surface area contributed by atoms with Crippen LogP contribution in [0.5, 0.6) is 0 Å². The average molecular weight is 473 g/mol. The van der Waals surface area contributed by atoms with Crippen molar-refractivity contribution in [1.29, 1.82) is 0 Å². The van der Waals surface area contributed by atoms with Crippen LogP contribution in [0, 0.1) is 0 Å². The van der Waals surface area contributed by atoms with Crippen LogP contribution in [0.15, 0.2) is 34.5 Å². The van der Waals surface area contributed by atoms with E-state index in [-0.39, 0.29) is 0 Å². The zero-order valence-corrected chi connectivity index (χ0v) is 23.3. The molecule has 0 fully saturated rings. The monoisotopic (exact) mass is 472 g/mol. The van der Waals surface area contributed by atoms with Crippen LogP contribution in [-0.2, 0) is 0 Å². The molecule has 2 nitrogen and oxygen atoms in total. The van der Waals surface area contributed by atoms with Gasteiger partial charge < -0.3 is 0 Å². The van der Waals surface area contributed by atoms with Gasteiger partial charge in [0, 0.05) is 0 Å². The molecule has 0 bridgehead atoms. The molecule has 34 heavy (non-hydrogen) atoms. The zero-order chi connectivity index (χ0) is 24.4. The van der Waals surface area contributed by atoms with Gasteiger partial charge in [0.1, 0.15) is 0 Å². The molecule has 0 aromatic heterocycles. The predicted molar refractivity (Wildman–Crippen MR) is 153 cm³/mol. The third-order valence-electron chi connectivity index (χ3n) is 7.32. The minimum absolute atomic E-state index is 0.398. The van der Waals surface area contributed by atoms with Crippen molar-refractivity contribution in [1.82, 2.24) is 0 Å². The van der Waals surface area contributed by atoms with Crippen LogP contribution < -0.4 is 0 Å². The summed E-state index contributed by atoms with van der Waals surface area (Å²) in [5, 5.41) is 9.81. The molecule has 0 spiro atoms. The van der Waals surface area contributed by atoms with Crippen LogP contribution in [0.4, 0.5) is 0 Å². The van der Waals surface area contributed by atoms with E-state index in [1.807, 2.05) is 0 Å². The lowest BCUT2D eigenvalue weighted by Gasteiger charge is -2.13. The van der Waals surface area contributed by atoms with Gasteiger partial charge in [0.25, 0.3) is 0 Å². The number of hydrogen-bond acceptors (Lipinski definition) is 2. The molecule has 0 N–H and O–H groups in total. The van der Waals surface area contributed by atoms with Crippen molar-refractivity contribution in [3.05, 3.63) is 24.3 Å². The van der Waals surface area contributed by atoms with E-state index in [9.17, 15) is 0 Å². The molecule has 0 aliphatic carbocycles. The second-order valence-electron chi connectivity index (χ2n) is 10.8. The molecule has 0 aromatic rings. The molecule has 198 valence electrons. The molecule has 2 atom stereocenters. The first-order valence-electron chi connectivity index (χ1n) is 15.6. The van der Waals surface area contributed by atoms with E-state index in [0.717, 1.165) is 12.8 Å². The van der Waals surface area contributed by atoms with E-state index in [4.69, 9.17) is 10.2 Å². The highest BCUT2D eigenvalue weighted by Crippen LogP contribution is 2.19. The van der Waals surface area contributed by atoms with E-state index in [0.29, 0.717) is 12.1 Å². The lowest BCUT2D eigenvalue weighted by Crippen LogP contribution is -2.07. The normalized spacial score (nSPS) is 22.1.